The highest BCUT2D eigenvalue weighted by Gasteiger charge is 2.38. The predicted octanol–water partition coefficient (Wildman–Crippen LogP) is 2.53. The van der Waals surface area contributed by atoms with Gasteiger partial charge in [0.1, 0.15) is 0 Å². The smallest absolute Gasteiger partial charge is 0.296 e. The molecule has 1 fully saturated rings. The molecule has 0 spiro atoms. The van der Waals surface area contributed by atoms with E-state index < -0.39 is 29.5 Å². The Kier molecular flexibility index (Phi) is 3.34. The minimum Gasteiger partial charge on any atom is -0.296 e. The van der Waals surface area contributed by atoms with Crippen molar-refractivity contribution in [2.75, 3.05) is 0 Å². The highest BCUT2D eigenvalue weighted by Crippen LogP contribution is 2.38. The molecule has 3 nitrogen and oxygen atoms in total. The van der Waals surface area contributed by atoms with Gasteiger partial charge >= 0.3 is 6.18 Å². The fourth-order valence-corrected chi connectivity index (χ4v) is 2.21. The van der Waals surface area contributed by atoms with Crippen LogP contribution in [-0.2, 0) is 15.8 Å². The number of aryl methyl sites for hydroxylation is 1. The Hall–Kier alpha value is -1.85. The number of hydrogen-bond acceptors (Lipinski definition) is 2. The minimum atomic E-state index is -4.51. The third kappa shape index (κ3) is 2.77. The molecule has 0 radical (unpaired) electrons. The average Bonchev–Trinajstić information content (AvgIpc) is 2.28. The van der Waals surface area contributed by atoms with Gasteiger partial charge in [0.25, 0.3) is 0 Å². The van der Waals surface area contributed by atoms with Crippen LogP contribution in [0.25, 0.3) is 0 Å². The number of amides is 2. The van der Waals surface area contributed by atoms with Crippen LogP contribution >= 0.6 is 0 Å². The van der Waals surface area contributed by atoms with Crippen molar-refractivity contribution in [1.82, 2.24) is 5.32 Å². The second kappa shape index (κ2) is 4.68. The number of carbonyl (C=O) groups is 2. The van der Waals surface area contributed by atoms with Gasteiger partial charge in [0.15, 0.2) is 0 Å². The SMILES string of the molecule is Cc1ccc(C2CCC(=O)NC2=O)c(C(F)(F)F)c1. The minimum absolute atomic E-state index is 0.0571. The molecule has 1 aliphatic rings. The summed E-state index contributed by atoms with van der Waals surface area (Å²) in [5, 5.41) is 2.08. The van der Waals surface area contributed by atoms with Crippen molar-refractivity contribution in [3.05, 3.63) is 34.9 Å². The van der Waals surface area contributed by atoms with Crippen molar-refractivity contribution in [3.63, 3.8) is 0 Å². The molecule has 2 amide bonds. The van der Waals surface area contributed by atoms with Gasteiger partial charge in [-0.05, 0) is 25.0 Å². The molecule has 2 rings (SSSR count). The van der Waals surface area contributed by atoms with Gasteiger partial charge < -0.3 is 0 Å². The zero-order valence-corrected chi connectivity index (χ0v) is 10.2. The summed E-state index contributed by atoms with van der Waals surface area (Å²) < 4.78 is 39.0. The van der Waals surface area contributed by atoms with Crippen molar-refractivity contribution >= 4 is 11.8 Å². The molecular weight excluding hydrogens is 259 g/mol. The maximum absolute atomic E-state index is 13.0. The molecule has 0 bridgehead atoms. The molecule has 0 saturated carbocycles. The molecule has 1 aliphatic heterocycles. The molecule has 6 heteroatoms. The van der Waals surface area contributed by atoms with Crippen LogP contribution in [0.1, 0.15) is 35.4 Å². The van der Waals surface area contributed by atoms with Gasteiger partial charge in [-0.15, -0.1) is 0 Å². The molecule has 0 aromatic heterocycles. The Morgan fingerprint density at radius 3 is 2.53 bits per heavy atom. The van der Waals surface area contributed by atoms with Gasteiger partial charge in [0.2, 0.25) is 11.8 Å². The Bertz CT molecular complexity index is 537. The van der Waals surface area contributed by atoms with Crippen molar-refractivity contribution in [3.8, 4) is 0 Å². The summed E-state index contributed by atoms with van der Waals surface area (Å²) in [7, 11) is 0. The molecule has 1 heterocycles. The molecule has 19 heavy (non-hydrogen) atoms. The number of hydrogen-bond donors (Lipinski definition) is 1. The zero-order chi connectivity index (χ0) is 14.2. The van der Waals surface area contributed by atoms with Gasteiger partial charge in [-0.1, -0.05) is 17.7 Å². The molecule has 0 aliphatic carbocycles. The summed E-state index contributed by atoms with van der Waals surface area (Å²) in [6, 6.07) is 3.88. The van der Waals surface area contributed by atoms with Crippen molar-refractivity contribution in [2.24, 2.45) is 0 Å². The fraction of sp³-hybridized carbons (Fsp3) is 0.385. The third-order valence-electron chi connectivity index (χ3n) is 3.13. The first-order valence-corrected chi connectivity index (χ1v) is 5.80. The van der Waals surface area contributed by atoms with E-state index in [4.69, 9.17) is 0 Å². The first-order chi connectivity index (χ1) is 8.79. The average molecular weight is 271 g/mol. The highest BCUT2D eigenvalue weighted by atomic mass is 19.4. The van der Waals surface area contributed by atoms with Gasteiger partial charge in [-0.25, -0.2) is 0 Å². The second-order valence-corrected chi connectivity index (χ2v) is 4.59. The lowest BCUT2D eigenvalue weighted by Gasteiger charge is -2.24. The highest BCUT2D eigenvalue weighted by molar-refractivity contribution is 6.01. The summed E-state index contributed by atoms with van der Waals surface area (Å²) in [6.07, 6.45) is -4.35. The summed E-state index contributed by atoms with van der Waals surface area (Å²) in [5.41, 5.74) is -0.395. The number of carbonyl (C=O) groups excluding carboxylic acids is 2. The fourth-order valence-electron chi connectivity index (χ4n) is 2.21. The Morgan fingerprint density at radius 1 is 1.26 bits per heavy atom. The van der Waals surface area contributed by atoms with E-state index in [1.165, 1.54) is 12.1 Å². The van der Waals surface area contributed by atoms with Crippen molar-refractivity contribution < 1.29 is 22.8 Å². The molecular formula is C13H12F3NO2. The third-order valence-corrected chi connectivity index (χ3v) is 3.13. The van der Waals surface area contributed by atoms with Crippen LogP contribution in [0, 0.1) is 6.92 Å². The maximum atomic E-state index is 13.0. The van der Waals surface area contributed by atoms with Crippen LogP contribution in [-0.4, -0.2) is 11.8 Å². The molecule has 1 saturated heterocycles. The van der Waals surface area contributed by atoms with Gasteiger partial charge in [0, 0.05) is 6.42 Å². The van der Waals surface area contributed by atoms with Gasteiger partial charge in [0.05, 0.1) is 11.5 Å². The molecule has 1 aromatic rings. The van der Waals surface area contributed by atoms with Crippen LogP contribution in [0.3, 0.4) is 0 Å². The predicted molar refractivity (Wildman–Crippen MR) is 61.3 cm³/mol. The Labute approximate surface area is 107 Å². The van der Waals surface area contributed by atoms with E-state index in [-0.39, 0.29) is 18.4 Å². The van der Waals surface area contributed by atoms with E-state index >= 15 is 0 Å². The lowest BCUT2D eigenvalue weighted by atomic mass is 9.86. The standard InChI is InChI=1S/C13H12F3NO2/c1-7-2-3-8(10(6-7)13(14,15)16)9-4-5-11(18)17-12(9)19/h2-3,6,9H,4-5H2,1H3,(H,17,18,19). The Balaban J connectivity index is 2.45. The number of imide groups is 1. The van der Waals surface area contributed by atoms with E-state index in [0.717, 1.165) is 6.07 Å². The number of nitrogens with one attached hydrogen (secondary N) is 1. The monoisotopic (exact) mass is 271 g/mol. The largest absolute Gasteiger partial charge is 0.416 e. The van der Waals surface area contributed by atoms with Gasteiger partial charge in [-0.3, -0.25) is 14.9 Å². The van der Waals surface area contributed by atoms with Crippen LogP contribution < -0.4 is 5.32 Å². The lowest BCUT2D eigenvalue weighted by Crippen LogP contribution is -2.40. The van der Waals surface area contributed by atoms with Crippen LogP contribution in [0.4, 0.5) is 13.2 Å². The number of halogens is 3. The summed E-state index contributed by atoms with van der Waals surface area (Å²) in [4.78, 5) is 22.7. The number of piperidine rings is 1. The molecule has 1 atom stereocenters. The number of benzene rings is 1. The first kappa shape index (κ1) is 13.6. The second-order valence-electron chi connectivity index (χ2n) is 4.59. The first-order valence-electron chi connectivity index (χ1n) is 5.80. The van der Waals surface area contributed by atoms with E-state index in [2.05, 4.69) is 5.32 Å². The summed E-state index contributed by atoms with van der Waals surface area (Å²) in [5.74, 6) is -2.03. The van der Waals surface area contributed by atoms with E-state index in [9.17, 15) is 22.8 Å². The summed E-state index contributed by atoms with van der Waals surface area (Å²) >= 11 is 0. The van der Waals surface area contributed by atoms with Crippen LogP contribution in [0.5, 0.6) is 0 Å². The summed E-state index contributed by atoms with van der Waals surface area (Å²) in [6.45, 7) is 1.56. The van der Waals surface area contributed by atoms with Crippen molar-refractivity contribution in [1.29, 1.82) is 0 Å². The van der Waals surface area contributed by atoms with E-state index in [1.54, 1.807) is 6.92 Å². The van der Waals surface area contributed by atoms with Crippen LogP contribution in [0.2, 0.25) is 0 Å². The molecule has 1 N–H and O–H groups in total. The molecule has 102 valence electrons. The number of alkyl halides is 3. The van der Waals surface area contributed by atoms with Gasteiger partial charge in [-0.2, -0.15) is 13.2 Å². The quantitative estimate of drug-likeness (QED) is 0.798. The van der Waals surface area contributed by atoms with E-state index in [0.29, 0.717) is 5.56 Å². The topological polar surface area (TPSA) is 46.2 Å². The normalized spacial score (nSPS) is 20.3. The molecule has 1 unspecified atom stereocenters. The van der Waals surface area contributed by atoms with Crippen LogP contribution in [0.15, 0.2) is 18.2 Å². The van der Waals surface area contributed by atoms with Crippen molar-refractivity contribution in [2.45, 2.75) is 31.9 Å². The lowest BCUT2D eigenvalue weighted by molar-refractivity contribution is -0.139. The zero-order valence-electron chi connectivity index (χ0n) is 10.2. The maximum Gasteiger partial charge on any atom is 0.416 e. The van der Waals surface area contributed by atoms with E-state index in [1.807, 2.05) is 0 Å². The Morgan fingerprint density at radius 2 is 1.95 bits per heavy atom. The number of rotatable bonds is 1. The molecule has 1 aromatic carbocycles.